The molecular formula is C27H35ClN2O5S. The molecule has 0 N–H and O–H groups in total. The number of aryl methyl sites for hydroxylation is 1. The van der Waals surface area contributed by atoms with Gasteiger partial charge in [-0.3, -0.25) is 4.79 Å². The monoisotopic (exact) mass is 534 g/mol. The molecule has 0 aliphatic carbocycles. The van der Waals surface area contributed by atoms with Crippen LogP contribution in [0.4, 0.5) is 0 Å². The summed E-state index contributed by atoms with van der Waals surface area (Å²) in [5.41, 5.74) is 0.269. The maximum Gasteiger partial charge on any atom is 0.243 e. The zero-order valence-electron chi connectivity index (χ0n) is 21.0. The van der Waals surface area contributed by atoms with Gasteiger partial charge in [-0.2, -0.15) is 4.31 Å². The number of nitrogens with zero attached hydrogens (tertiary/aromatic N) is 2. The molecule has 196 valence electrons. The molecule has 1 amide bonds. The maximum atomic E-state index is 13.6. The van der Waals surface area contributed by atoms with Gasteiger partial charge in [-0.1, -0.05) is 17.7 Å². The van der Waals surface area contributed by atoms with Gasteiger partial charge in [-0.15, -0.1) is 0 Å². The lowest BCUT2D eigenvalue weighted by Crippen LogP contribution is -2.51. The molecule has 36 heavy (non-hydrogen) atoms. The number of piperidine rings is 2. The predicted molar refractivity (Wildman–Crippen MR) is 140 cm³/mol. The smallest absolute Gasteiger partial charge is 0.243 e. The van der Waals surface area contributed by atoms with Crippen molar-refractivity contribution < 1.29 is 22.7 Å². The van der Waals surface area contributed by atoms with E-state index >= 15 is 0 Å². The Labute approximate surface area is 219 Å². The molecule has 1 atom stereocenters. The Morgan fingerprint density at radius 3 is 2.53 bits per heavy atom. The van der Waals surface area contributed by atoms with Crippen LogP contribution >= 0.6 is 11.6 Å². The average Bonchev–Trinajstić information content (AvgIpc) is 2.90. The van der Waals surface area contributed by atoms with Crippen molar-refractivity contribution in [3.8, 4) is 11.5 Å². The number of carbonyl (C=O) groups excluding carboxylic acids is 1. The summed E-state index contributed by atoms with van der Waals surface area (Å²) in [7, 11) is -2.25. The van der Waals surface area contributed by atoms with Crippen LogP contribution in [-0.4, -0.2) is 63.4 Å². The van der Waals surface area contributed by atoms with Crippen LogP contribution in [0, 0.1) is 12.3 Å². The van der Waals surface area contributed by atoms with Gasteiger partial charge in [0.25, 0.3) is 0 Å². The van der Waals surface area contributed by atoms with E-state index in [4.69, 9.17) is 21.1 Å². The van der Waals surface area contributed by atoms with Gasteiger partial charge in [-0.05, 0) is 74.9 Å². The molecule has 2 aliphatic heterocycles. The standard InChI is InChI=1S/C27H35ClN2O5S/c1-21-16-23(10-11-25(21)28)35-20-27(18-26(31)29-13-4-3-5-14-29)12-7-15-30(19-27)36(32,33)24-9-6-8-22(17-24)34-2/h6,8-11,16-17H,3-5,7,12-15,18-20H2,1-2H3/t27-/m1/s1. The Morgan fingerprint density at radius 2 is 1.81 bits per heavy atom. The van der Waals surface area contributed by atoms with Crippen LogP contribution in [0.3, 0.4) is 0 Å². The third kappa shape index (κ3) is 6.15. The first-order valence-corrected chi connectivity index (χ1v) is 14.4. The third-order valence-corrected chi connectivity index (χ3v) is 9.48. The van der Waals surface area contributed by atoms with Crippen molar-refractivity contribution in [2.45, 2.75) is 50.3 Å². The van der Waals surface area contributed by atoms with E-state index in [1.54, 1.807) is 24.3 Å². The van der Waals surface area contributed by atoms with Gasteiger partial charge < -0.3 is 14.4 Å². The number of methoxy groups -OCH3 is 1. The van der Waals surface area contributed by atoms with Crippen LogP contribution in [0.25, 0.3) is 0 Å². The Morgan fingerprint density at radius 1 is 1.03 bits per heavy atom. The van der Waals surface area contributed by atoms with Crippen LogP contribution in [-0.2, 0) is 14.8 Å². The number of halogens is 1. The summed E-state index contributed by atoms with van der Waals surface area (Å²) >= 11 is 6.17. The van der Waals surface area contributed by atoms with Crippen LogP contribution in [0.15, 0.2) is 47.4 Å². The van der Waals surface area contributed by atoms with E-state index in [-0.39, 0.29) is 30.4 Å². The van der Waals surface area contributed by atoms with E-state index in [9.17, 15) is 13.2 Å². The third-order valence-electron chi connectivity index (χ3n) is 7.21. The fourth-order valence-corrected chi connectivity index (χ4v) is 6.86. The Hall–Kier alpha value is -2.29. The lowest BCUT2D eigenvalue weighted by Gasteiger charge is -2.42. The van der Waals surface area contributed by atoms with Crippen molar-refractivity contribution in [1.82, 2.24) is 9.21 Å². The largest absolute Gasteiger partial charge is 0.497 e. The van der Waals surface area contributed by atoms with E-state index in [0.29, 0.717) is 35.9 Å². The molecule has 0 unspecified atom stereocenters. The van der Waals surface area contributed by atoms with Crippen molar-refractivity contribution in [3.63, 3.8) is 0 Å². The summed E-state index contributed by atoms with van der Waals surface area (Å²) in [5.74, 6) is 1.22. The summed E-state index contributed by atoms with van der Waals surface area (Å²) in [4.78, 5) is 15.5. The van der Waals surface area contributed by atoms with Crippen molar-refractivity contribution in [2.75, 3.05) is 39.9 Å². The molecule has 2 saturated heterocycles. The number of ether oxygens (including phenoxy) is 2. The molecule has 0 saturated carbocycles. The SMILES string of the molecule is COc1cccc(S(=O)(=O)N2CCC[C@@](COc3ccc(Cl)c(C)c3)(CC(=O)N3CCCCC3)C2)c1. The van der Waals surface area contributed by atoms with Crippen molar-refractivity contribution in [3.05, 3.63) is 53.1 Å². The lowest BCUT2D eigenvalue weighted by molar-refractivity contribution is -0.136. The number of rotatable bonds is 8. The number of amides is 1. The highest BCUT2D eigenvalue weighted by Gasteiger charge is 2.43. The Bertz CT molecular complexity index is 1180. The Kier molecular flexibility index (Phi) is 8.48. The van der Waals surface area contributed by atoms with E-state index in [0.717, 1.165) is 37.9 Å². The molecule has 7 nitrogen and oxygen atoms in total. The molecule has 4 rings (SSSR count). The normalized spacial score (nSPS) is 21.2. The highest BCUT2D eigenvalue weighted by Crippen LogP contribution is 2.38. The summed E-state index contributed by atoms with van der Waals surface area (Å²) in [6, 6.07) is 12.0. The molecule has 0 bridgehead atoms. The zero-order chi connectivity index (χ0) is 25.8. The van der Waals surface area contributed by atoms with Gasteiger partial charge in [0.15, 0.2) is 0 Å². The number of benzene rings is 2. The molecular weight excluding hydrogens is 500 g/mol. The fourth-order valence-electron chi connectivity index (χ4n) is 5.11. The molecule has 2 heterocycles. The molecule has 9 heteroatoms. The van der Waals surface area contributed by atoms with Crippen molar-refractivity contribution >= 4 is 27.5 Å². The second kappa shape index (κ2) is 11.4. The molecule has 0 radical (unpaired) electrons. The number of hydrogen-bond donors (Lipinski definition) is 0. The summed E-state index contributed by atoms with van der Waals surface area (Å²) in [6.45, 7) is 4.31. The number of carbonyl (C=O) groups is 1. The van der Waals surface area contributed by atoms with Crippen LogP contribution < -0.4 is 9.47 Å². The molecule has 2 aliphatic rings. The van der Waals surface area contributed by atoms with Crippen LogP contribution in [0.2, 0.25) is 5.02 Å². The van der Waals surface area contributed by atoms with Gasteiger partial charge in [-0.25, -0.2) is 8.42 Å². The van der Waals surface area contributed by atoms with Gasteiger partial charge in [0.1, 0.15) is 11.5 Å². The second-order valence-corrected chi connectivity index (χ2v) is 12.3. The topological polar surface area (TPSA) is 76.1 Å². The molecule has 2 aromatic carbocycles. The minimum atomic E-state index is -3.77. The van der Waals surface area contributed by atoms with E-state index in [1.807, 2.05) is 24.0 Å². The van der Waals surface area contributed by atoms with E-state index in [2.05, 4.69) is 0 Å². The van der Waals surface area contributed by atoms with Gasteiger partial charge in [0, 0.05) is 49.1 Å². The minimum absolute atomic E-state index is 0.0752. The molecule has 2 aromatic rings. The second-order valence-electron chi connectivity index (χ2n) is 9.94. The van der Waals surface area contributed by atoms with Crippen LogP contribution in [0.5, 0.6) is 11.5 Å². The fraction of sp³-hybridized carbons (Fsp3) is 0.519. The maximum absolute atomic E-state index is 13.6. The van der Waals surface area contributed by atoms with E-state index in [1.165, 1.54) is 17.5 Å². The molecule has 2 fully saturated rings. The van der Waals surface area contributed by atoms with E-state index < -0.39 is 15.4 Å². The number of hydrogen-bond acceptors (Lipinski definition) is 5. The average molecular weight is 535 g/mol. The van der Waals surface area contributed by atoms with Gasteiger partial charge in [0.05, 0.1) is 18.6 Å². The zero-order valence-corrected chi connectivity index (χ0v) is 22.6. The minimum Gasteiger partial charge on any atom is -0.497 e. The first kappa shape index (κ1) is 26.8. The first-order chi connectivity index (χ1) is 17.2. The van der Waals surface area contributed by atoms with Gasteiger partial charge >= 0.3 is 0 Å². The van der Waals surface area contributed by atoms with Gasteiger partial charge in [0.2, 0.25) is 15.9 Å². The quantitative estimate of drug-likeness (QED) is 0.481. The number of sulfonamides is 1. The number of likely N-dealkylation sites (tertiary alicyclic amines) is 1. The predicted octanol–water partition coefficient (Wildman–Crippen LogP) is 4.91. The first-order valence-electron chi connectivity index (χ1n) is 12.5. The molecule has 0 aromatic heterocycles. The van der Waals surface area contributed by atoms with Crippen molar-refractivity contribution in [1.29, 1.82) is 0 Å². The highest BCUT2D eigenvalue weighted by atomic mass is 35.5. The summed E-state index contributed by atoms with van der Waals surface area (Å²) in [5, 5.41) is 0.658. The highest BCUT2D eigenvalue weighted by molar-refractivity contribution is 7.89. The summed E-state index contributed by atoms with van der Waals surface area (Å²) < 4.78 is 40.2. The Balaban J connectivity index is 1.59. The molecule has 0 spiro atoms. The van der Waals surface area contributed by atoms with Crippen LogP contribution in [0.1, 0.15) is 44.1 Å². The lowest BCUT2D eigenvalue weighted by atomic mass is 9.78. The van der Waals surface area contributed by atoms with Crippen molar-refractivity contribution in [2.24, 2.45) is 5.41 Å². The summed E-state index contributed by atoms with van der Waals surface area (Å²) in [6.07, 6.45) is 4.78.